The van der Waals surface area contributed by atoms with E-state index < -0.39 is 0 Å². The molecule has 0 aliphatic rings. The van der Waals surface area contributed by atoms with Crippen molar-refractivity contribution in [3.05, 3.63) is 20.7 Å². The zero-order valence-corrected chi connectivity index (χ0v) is 11.1. The number of thiophene rings is 1. The summed E-state index contributed by atoms with van der Waals surface area (Å²) in [7, 11) is 0. The van der Waals surface area contributed by atoms with Gasteiger partial charge in [0.2, 0.25) is 0 Å². The van der Waals surface area contributed by atoms with Crippen LogP contribution in [-0.2, 0) is 0 Å². The van der Waals surface area contributed by atoms with Gasteiger partial charge in [-0.3, -0.25) is 0 Å². The third-order valence-electron chi connectivity index (χ3n) is 1.65. The summed E-state index contributed by atoms with van der Waals surface area (Å²) in [6.07, 6.45) is 2.05. The van der Waals surface area contributed by atoms with E-state index in [-0.39, 0.29) is 0 Å². The van der Waals surface area contributed by atoms with Crippen LogP contribution in [0.1, 0.15) is 38.5 Å². The first-order valence-electron chi connectivity index (χ1n) is 5.09. The summed E-state index contributed by atoms with van der Waals surface area (Å²) in [6.45, 7) is 12.2. The largest absolute Gasteiger partial charge is 0.139 e. The third-order valence-corrected chi connectivity index (χ3v) is 3.29. The zero-order chi connectivity index (χ0) is 11.1. The van der Waals surface area contributed by atoms with E-state index >= 15 is 0 Å². The van der Waals surface area contributed by atoms with Crippen molar-refractivity contribution in [3.63, 3.8) is 0 Å². The Bertz CT molecular complexity index is 362. The predicted octanol–water partition coefficient (Wildman–Crippen LogP) is 3.64. The number of halogens is 1. The third kappa shape index (κ3) is 3.85. The van der Waals surface area contributed by atoms with Crippen LogP contribution in [0.25, 0.3) is 11.6 Å². The minimum atomic E-state index is 0.959. The molecule has 0 N–H and O–H groups in total. The Balaban J connectivity index is 0.000000791. The molecule has 1 rings (SSSR count). The Morgan fingerprint density at radius 3 is 2.43 bits per heavy atom. The highest BCUT2D eigenvalue weighted by molar-refractivity contribution is 7.10. The van der Waals surface area contributed by atoms with Crippen LogP contribution in [-0.4, -0.2) is 0 Å². The quantitative estimate of drug-likeness (QED) is 0.728. The monoisotopic (exact) mass is 230 g/mol. The molecule has 0 atom stereocenters. The summed E-state index contributed by atoms with van der Waals surface area (Å²) in [5, 5.41) is 2.02. The molecule has 0 fully saturated rings. The molecule has 0 bridgehead atoms. The van der Waals surface area contributed by atoms with Crippen molar-refractivity contribution >= 4 is 34.5 Å². The van der Waals surface area contributed by atoms with Gasteiger partial charge in [0, 0.05) is 14.4 Å². The maximum atomic E-state index is 6.11. The maximum Gasteiger partial charge on any atom is 0.0484 e. The van der Waals surface area contributed by atoms with Gasteiger partial charge in [0.1, 0.15) is 0 Å². The highest BCUT2D eigenvalue weighted by Crippen LogP contribution is 2.10. The molecule has 0 radical (unpaired) electrons. The summed E-state index contributed by atoms with van der Waals surface area (Å²) < 4.78 is 1.16. The van der Waals surface area contributed by atoms with E-state index in [1.807, 2.05) is 13.8 Å². The van der Waals surface area contributed by atoms with Gasteiger partial charge in [0.15, 0.2) is 0 Å². The van der Waals surface area contributed by atoms with E-state index in [0.29, 0.717) is 0 Å². The smallest absolute Gasteiger partial charge is 0.0484 e. The molecule has 1 aromatic heterocycles. The topological polar surface area (TPSA) is 0 Å². The van der Waals surface area contributed by atoms with Crippen molar-refractivity contribution in [1.82, 2.24) is 0 Å². The number of rotatable bonds is 2. The highest BCUT2D eigenvalue weighted by atomic mass is 35.5. The molecule has 0 amide bonds. The Hall–Kier alpha value is -0.270. The number of hydrogen-bond acceptors (Lipinski definition) is 1. The molecule has 0 nitrogen and oxygen atoms in total. The molecule has 0 spiro atoms. The van der Waals surface area contributed by atoms with E-state index in [1.54, 1.807) is 11.3 Å². The normalized spacial score (nSPS) is 11.8. The van der Waals surface area contributed by atoms with E-state index in [1.165, 1.54) is 4.88 Å². The molecule has 2 heteroatoms. The summed E-state index contributed by atoms with van der Waals surface area (Å²) in [4.78, 5) is 1.28. The van der Waals surface area contributed by atoms with Gasteiger partial charge in [0.05, 0.1) is 0 Å². The van der Waals surface area contributed by atoms with Crippen molar-refractivity contribution in [3.8, 4) is 0 Å². The molecule has 1 heterocycles. The van der Waals surface area contributed by atoms with Gasteiger partial charge in [-0.15, -0.1) is 11.3 Å². The molecule has 0 saturated carbocycles. The van der Waals surface area contributed by atoms with Crippen molar-refractivity contribution in [2.24, 2.45) is 0 Å². The second kappa shape index (κ2) is 7.08. The Morgan fingerprint density at radius 1 is 1.50 bits per heavy atom. The molecule has 0 unspecified atom stereocenters. The number of aryl methyl sites for hydroxylation is 1. The fourth-order valence-electron chi connectivity index (χ4n) is 1.13. The van der Waals surface area contributed by atoms with Crippen LogP contribution in [0.3, 0.4) is 0 Å². The molecule has 0 aromatic carbocycles. The van der Waals surface area contributed by atoms with E-state index in [2.05, 4.69) is 26.5 Å². The summed E-state index contributed by atoms with van der Waals surface area (Å²) in [5.74, 6) is 0. The molecule has 1 aromatic rings. The van der Waals surface area contributed by atoms with E-state index in [4.69, 9.17) is 11.6 Å². The first-order chi connectivity index (χ1) is 6.65. The van der Waals surface area contributed by atoms with Crippen molar-refractivity contribution < 1.29 is 0 Å². The molecular formula is C12H19ClS. The second-order valence-electron chi connectivity index (χ2n) is 2.87. The first-order valence-corrected chi connectivity index (χ1v) is 6.28. The van der Waals surface area contributed by atoms with Crippen LogP contribution in [0, 0.1) is 6.92 Å². The van der Waals surface area contributed by atoms with Crippen LogP contribution < -0.4 is 9.75 Å². The van der Waals surface area contributed by atoms with Gasteiger partial charge in [0.25, 0.3) is 0 Å². The average Bonchev–Trinajstić information content (AvgIpc) is 2.49. The fourth-order valence-corrected chi connectivity index (χ4v) is 2.48. The lowest BCUT2D eigenvalue weighted by atomic mass is 10.3. The lowest BCUT2D eigenvalue weighted by molar-refractivity contribution is 0.985. The predicted molar refractivity (Wildman–Crippen MR) is 69.3 cm³/mol. The van der Waals surface area contributed by atoms with Crippen LogP contribution in [0.15, 0.2) is 6.07 Å². The lowest BCUT2D eigenvalue weighted by Crippen LogP contribution is -2.17. The molecular weight excluding hydrogens is 212 g/mol. The molecule has 14 heavy (non-hydrogen) atoms. The Morgan fingerprint density at radius 2 is 2.07 bits per heavy atom. The second-order valence-corrected chi connectivity index (χ2v) is 4.58. The average molecular weight is 231 g/mol. The van der Waals surface area contributed by atoms with Gasteiger partial charge in [-0.2, -0.15) is 0 Å². The summed E-state index contributed by atoms with van der Waals surface area (Å²) >= 11 is 7.84. The SMILES string of the molecule is C=c1cc(C)s/c1=C(\Cl)CCC.CC. The van der Waals surface area contributed by atoms with Crippen LogP contribution >= 0.6 is 22.9 Å². The maximum absolute atomic E-state index is 6.11. The zero-order valence-electron chi connectivity index (χ0n) is 9.48. The summed E-state index contributed by atoms with van der Waals surface area (Å²) in [6, 6.07) is 2.08. The van der Waals surface area contributed by atoms with E-state index in [0.717, 1.165) is 27.6 Å². The van der Waals surface area contributed by atoms with Crippen LogP contribution in [0.4, 0.5) is 0 Å². The Labute approximate surface area is 95.9 Å². The van der Waals surface area contributed by atoms with Crippen molar-refractivity contribution in [2.75, 3.05) is 0 Å². The standard InChI is InChI=1S/C10H13ClS.C2H6/c1-4-5-9(11)10-7(2)6-8(3)12-10;1-2/h6H,2,4-5H2,1,3H3;1-2H3/b10-9-;. The number of hydrogen-bond donors (Lipinski definition) is 0. The van der Waals surface area contributed by atoms with Gasteiger partial charge >= 0.3 is 0 Å². The van der Waals surface area contributed by atoms with Gasteiger partial charge in [-0.25, -0.2) is 0 Å². The molecule has 80 valence electrons. The fraction of sp³-hybridized carbons (Fsp3) is 0.500. The van der Waals surface area contributed by atoms with Crippen molar-refractivity contribution in [1.29, 1.82) is 0 Å². The first kappa shape index (κ1) is 13.7. The van der Waals surface area contributed by atoms with Crippen LogP contribution in [0.2, 0.25) is 0 Å². The lowest BCUT2D eigenvalue weighted by Gasteiger charge is -1.90. The van der Waals surface area contributed by atoms with Gasteiger partial charge in [-0.1, -0.05) is 45.4 Å². The molecule has 0 aliphatic heterocycles. The molecule has 0 saturated heterocycles. The van der Waals surface area contributed by atoms with Gasteiger partial charge < -0.3 is 0 Å². The molecule has 0 aliphatic carbocycles. The minimum Gasteiger partial charge on any atom is -0.139 e. The van der Waals surface area contributed by atoms with Crippen molar-refractivity contribution in [2.45, 2.75) is 40.5 Å². The van der Waals surface area contributed by atoms with E-state index in [9.17, 15) is 0 Å². The Kier molecular flexibility index (Phi) is 6.94. The highest BCUT2D eigenvalue weighted by Gasteiger charge is 1.96. The van der Waals surface area contributed by atoms with Crippen LogP contribution in [0.5, 0.6) is 0 Å². The minimum absolute atomic E-state index is 0.959. The summed E-state index contributed by atoms with van der Waals surface area (Å²) in [5.41, 5.74) is 0. The van der Waals surface area contributed by atoms with Gasteiger partial charge in [-0.05, 0) is 24.6 Å².